The number of nitrogens with zero attached hydrogens (tertiary/aromatic N) is 1. The number of rotatable bonds is 3. The van der Waals surface area contributed by atoms with Crippen molar-refractivity contribution < 1.29 is 9.34 Å². The van der Waals surface area contributed by atoms with Gasteiger partial charge in [-0.1, -0.05) is 18.7 Å². The lowest BCUT2D eigenvalue weighted by Gasteiger charge is -1.81. The molecule has 0 aliphatic heterocycles. The third-order valence-corrected chi connectivity index (χ3v) is 1.16. The molecule has 0 atom stereocenters. The molecule has 1 radical (unpaired) electrons. The van der Waals surface area contributed by atoms with Gasteiger partial charge in [0.05, 0.1) is 6.07 Å². The van der Waals surface area contributed by atoms with E-state index in [1.54, 1.807) is 0 Å². The van der Waals surface area contributed by atoms with Crippen molar-refractivity contribution in [2.24, 2.45) is 0 Å². The molecule has 1 aromatic rings. The van der Waals surface area contributed by atoms with E-state index in [-0.39, 0.29) is 5.88 Å². The average Bonchev–Trinajstić information content (AvgIpc) is 2.48. The molecule has 1 rings (SSSR count). The summed E-state index contributed by atoms with van der Waals surface area (Å²) in [6.45, 7) is 5.06. The minimum Gasteiger partial charge on any atom is -0.401 e. The third kappa shape index (κ3) is 1.82. The lowest BCUT2D eigenvalue weighted by atomic mass is 10.4. The second-order valence-electron chi connectivity index (χ2n) is 1.98. The summed E-state index contributed by atoms with van der Waals surface area (Å²) in [7, 11) is 0. The van der Waals surface area contributed by atoms with Crippen LogP contribution < -0.4 is 0 Å². The Bertz CT molecular complexity index is 325. The van der Waals surface area contributed by atoms with E-state index >= 15 is 0 Å². The molecule has 1 heterocycles. The van der Waals surface area contributed by atoms with Crippen LogP contribution in [0.4, 0.5) is 5.88 Å². The molecule has 12 heavy (non-hydrogen) atoms. The van der Waals surface area contributed by atoms with Gasteiger partial charge in [0.1, 0.15) is 10.7 Å². The highest BCUT2D eigenvalue weighted by molar-refractivity contribution is 5.46. The largest absolute Gasteiger partial charge is 0.433 e. The van der Waals surface area contributed by atoms with Crippen LogP contribution in [-0.2, 0) is 0 Å². The van der Waals surface area contributed by atoms with Gasteiger partial charge in [-0.25, -0.2) is 0 Å². The Morgan fingerprint density at radius 3 is 2.83 bits per heavy atom. The normalized spacial score (nSPS) is 10.3. The first kappa shape index (κ1) is 8.26. The van der Waals surface area contributed by atoms with Gasteiger partial charge >= 0.3 is 5.88 Å². The van der Waals surface area contributed by atoms with Crippen molar-refractivity contribution in [3.05, 3.63) is 46.7 Å². The van der Waals surface area contributed by atoms with Crippen molar-refractivity contribution in [2.45, 2.75) is 0 Å². The van der Waals surface area contributed by atoms with Crippen molar-refractivity contribution in [1.82, 2.24) is 0 Å². The number of allylic oxidation sites excluding steroid dienone is 2. The predicted octanol–water partition coefficient (Wildman–Crippen LogP) is 2.19. The van der Waals surface area contributed by atoms with Crippen LogP contribution in [0.25, 0.3) is 6.08 Å². The van der Waals surface area contributed by atoms with Crippen LogP contribution in [0.15, 0.2) is 28.7 Å². The van der Waals surface area contributed by atoms with E-state index in [0.29, 0.717) is 5.76 Å². The van der Waals surface area contributed by atoms with Gasteiger partial charge in [0.2, 0.25) is 0 Å². The highest BCUT2D eigenvalue weighted by Gasteiger charge is 2.09. The van der Waals surface area contributed by atoms with E-state index in [4.69, 9.17) is 11.0 Å². The Kier molecular flexibility index (Phi) is 2.42. The molecular weight excluding hydrogens is 158 g/mol. The van der Waals surface area contributed by atoms with E-state index < -0.39 is 4.92 Å². The Labute approximate surface area is 69.0 Å². The van der Waals surface area contributed by atoms with Crippen molar-refractivity contribution >= 4 is 12.0 Å². The maximum Gasteiger partial charge on any atom is 0.433 e. The molecule has 0 aliphatic rings. The van der Waals surface area contributed by atoms with Crippen LogP contribution in [0.2, 0.25) is 0 Å². The number of hydrogen-bond donors (Lipinski definition) is 0. The molecule has 0 amide bonds. The van der Waals surface area contributed by atoms with Crippen molar-refractivity contribution in [2.75, 3.05) is 0 Å². The fourth-order valence-electron chi connectivity index (χ4n) is 0.680. The molecular formula is C8H6NO3. The van der Waals surface area contributed by atoms with Crippen LogP contribution in [-0.4, -0.2) is 4.92 Å². The first-order valence-corrected chi connectivity index (χ1v) is 3.20. The molecule has 4 heteroatoms. The quantitative estimate of drug-likeness (QED) is 0.391. The van der Waals surface area contributed by atoms with Gasteiger partial charge in [-0.2, -0.15) is 0 Å². The highest BCUT2D eigenvalue weighted by Crippen LogP contribution is 2.16. The second kappa shape index (κ2) is 3.52. The molecule has 0 aliphatic carbocycles. The van der Waals surface area contributed by atoms with Gasteiger partial charge in [0.15, 0.2) is 0 Å². The van der Waals surface area contributed by atoms with Crippen LogP contribution in [0.1, 0.15) is 5.76 Å². The summed E-state index contributed by atoms with van der Waals surface area (Å²) in [6, 6.07) is 2.79. The molecule has 0 N–H and O–H groups in total. The van der Waals surface area contributed by atoms with Gasteiger partial charge in [0.25, 0.3) is 0 Å². The van der Waals surface area contributed by atoms with Crippen LogP contribution in [0, 0.1) is 16.7 Å². The molecule has 0 fully saturated rings. The molecule has 1 aromatic heterocycles. The minimum absolute atomic E-state index is 0.272. The molecule has 0 saturated heterocycles. The Morgan fingerprint density at radius 1 is 1.58 bits per heavy atom. The Hall–Kier alpha value is -1.84. The van der Waals surface area contributed by atoms with Gasteiger partial charge in [0, 0.05) is 0 Å². The zero-order valence-electron chi connectivity index (χ0n) is 6.14. The van der Waals surface area contributed by atoms with Gasteiger partial charge in [-0.3, -0.25) is 10.1 Å². The van der Waals surface area contributed by atoms with Crippen LogP contribution in [0.3, 0.4) is 0 Å². The lowest BCUT2D eigenvalue weighted by Crippen LogP contribution is -1.82. The standard InChI is InChI=1S/C8H6NO3/c1-2-3-4-7-5-6-8(12-7)9(10)11/h1-6H. The summed E-state index contributed by atoms with van der Waals surface area (Å²) in [6.07, 6.45) is 4.38. The van der Waals surface area contributed by atoms with Crippen molar-refractivity contribution in [3.63, 3.8) is 0 Å². The van der Waals surface area contributed by atoms with E-state index in [1.807, 2.05) is 0 Å². The Morgan fingerprint density at radius 2 is 2.33 bits per heavy atom. The summed E-state index contributed by atoms with van der Waals surface area (Å²) in [5, 5.41) is 10.1. The maximum atomic E-state index is 10.1. The maximum absolute atomic E-state index is 10.1. The predicted molar refractivity (Wildman–Crippen MR) is 43.3 cm³/mol. The van der Waals surface area contributed by atoms with Gasteiger partial charge < -0.3 is 4.42 Å². The zero-order chi connectivity index (χ0) is 8.97. The topological polar surface area (TPSA) is 56.3 Å². The third-order valence-electron chi connectivity index (χ3n) is 1.16. The monoisotopic (exact) mass is 164 g/mol. The molecule has 0 saturated carbocycles. The van der Waals surface area contributed by atoms with Crippen LogP contribution >= 0.6 is 0 Å². The summed E-state index contributed by atoms with van der Waals surface area (Å²) >= 11 is 0. The molecule has 4 nitrogen and oxygen atoms in total. The lowest BCUT2D eigenvalue weighted by molar-refractivity contribution is -0.402. The molecule has 0 spiro atoms. The zero-order valence-corrected chi connectivity index (χ0v) is 6.14. The fraction of sp³-hybridized carbons (Fsp3) is 0. The van der Waals surface area contributed by atoms with Gasteiger partial charge in [-0.05, 0) is 12.1 Å². The molecule has 61 valence electrons. The number of nitro groups is 1. The number of hydrogen-bond acceptors (Lipinski definition) is 3. The summed E-state index contributed by atoms with van der Waals surface area (Å²) in [4.78, 5) is 9.55. The second-order valence-corrected chi connectivity index (χ2v) is 1.98. The first-order chi connectivity index (χ1) is 5.74. The van der Waals surface area contributed by atoms with E-state index in [0.717, 1.165) is 0 Å². The highest BCUT2D eigenvalue weighted by atomic mass is 16.6. The average molecular weight is 164 g/mol. The summed E-state index contributed by atoms with van der Waals surface area (Å²) in [5.41, 5.74) is 0. The van der Waals surface area contributed by atoms with Gasteiger partial charge in [-0.15, -0.1) is 0 Å². The van der Waals surface area contributed by atoms with E-state index in [1.165, 1.54) is 30.4 Å². The molecule has 0 unspecified atom stereocenters. The molecule has 0 bridgehead atoms. The van der Waals surface area contributed by atoms with Crippen LogP contribution in [0.5, 0.6) is 0 Å². The summed E-state index contributed by atoms with van der Waals surface area (Å²) < 4.78 is 4.79. The smallest absolute Gasteiger partial charge is 0.401 e. The Balaban J connectivity index is 2.84. The van der Waals surface area contributed by atoms with E-state index in [9.17, 15) is 10.1 Å². The SMILES string of the molecule is [CH]=CC=Cc1ccc([N+](=O)[O-])o1. The minimum atomic E-state index is -0.594. The van der Waals surface area contributed by atoms with E-state index in [2.05, 4.69) is 0 Å². The first-order valence-electron chi connectivity index (χ1n) is 3.20. The fourth-order valence-corrected chi connectivity index (χ4v) is 0.680. The summed E-state index contributed by atoms with van der Waals surface area (Å²) in [5.74, 6) is 0.134. The van der Waals surface area contributed by atoms with Crippen molar-refractivity contribution in [1.29, 1.82) is 0 Å². The molecule has 0 aromatic carbocycles. The number of furan rings is 1. The van der Waals surface area contributed by atoms with Crippen molar-refractivity contribution in [3.8, 4) is 0 Å².